The Kier molecular flexibility index (Phi) is 6.83. The first-order valence-electron chi connectivity index (χ1n) is 11.4. The van der Waals surface area contributed by atoms with Crippen LogP contribution in [-0.4, -0.2) is 34.2 Å². The molecule has 0 bridgehead atoms. The minimum Gasteiger partial charge on any atom is -0.465 e. The fraction of sp³-hybridized carbons (Fsp3) is 0.320. The number of anilines is 1. The standard InChI is InChI=1S/C25H25N3O5S2/c1-14(22(29)28-23-19(24(30)31-2)15-8-4-3-5-11-18(15)35-23)34-25-26-20(16-9-6-12-32-16)21(27-25)17-10-7-13-33-17/h6-7,9-10,12-14H,3-5,8,11H2,1-2H3,(H,26,27)(H,28,29). The average molecular weight is 512 g/mol. The summed E-state index contributed by atoms with van der Waals surface area (Å²) in [6.07, 6.45) is 8.17. The van der Waals surface area contributed by atoms with Crippen molar-refractivity contribution in [1.29, 1.82) is 0 Å². The van der Waals surface area contributed by atoms with E-state index in [0.29, 0.717) is 38.6 Å². The number of thioether (sulfide) groups is 1. The molecule has 1 aliphatic carbocycles. The van der Waals surface area contributed by atoms with Crippen molar-refractivity contribution >= 4 is 40.0 Å². The number of ether oxygens (including phenoxy) is 1. The maximum atomic E-state index is 13.2. The number of carbonyl (C=O) groups is 2. The van der Waals surface area contributed by atoms with Crippen LogP contribution in [0.15, 0.2) is 50.8 Å². The lowest BCUT2D eigenvalue weighted by molar-refractivity contribution is -0.115. The molecule has 182 valence electrons. The van der Waals surface area contributed by atoms with Gasteiger partial charge in [0.2, 0.25) is 5.91 Å². The fourth-order valence-electron chi connectivity index (χ4n) is 4.18. The van der Waals surface area contributed by atoms with Gasteiger partial charge in [0.25, 0.3) is 0 Å². The first-order valence-corrected chi connectivity index (χ1v) is 13.1. The molecule has 5 rings (SSSR count). The molecule has 2 N–H and O–H groups in total. The Morgan fingerprint density at radius 3 is 2.60 bits per heavy atom. The van der Waals surface area contributed by atoms with Crippen molar-refractivity contribution in [2.24, 2.45) is 0 Å². The number of aromatic nitrogens is 2. The van der Waals surface area contributed by atoms with Gasteiger partial charge in [-0.3, -0.25) is 4.79 Å². The number of H-pyrrole nitrogens is 1. The van der Waals surface area contributed by atoms with Gasteiger partial charge in [-0.2, -0.15) is 0 Å². The van der Waals surface area contributed by atoms with Crippen LogP contribution in [0.3, 0.4) is 0 Å². The van der Waals surface area contributed by atoms with Crippen LogP contribution >= 0.6 is 23.1 Å². The van der Waals surface area contributed by atoms with Gasteiger partial charge < -0.3 is 23.9 Å². The second-order valence-electron chi connectivity index (χ2n) is 8.23. The third kappa shape index (κ3) is 4.81. The summed E-state index contributed by atoms with van der Waals surface area (Å²) in [7, 11) is 1.37. The van der Waals surface area contributed by atoms with Crippen LogP contribution < -0.4 is 5.32 Å². The van der Waals surface area contributed by atoms with Crippen molar-refractivity contribution in [3.05, 3.63) is 52.8 Å². The van der Waals surface area contributed by atoms with Crippen LogP contribution in [0.5, 0.6) is 0 Å². The molecule has 35 heavy (non-hydrogen) atoms. The summed E-state index contributed by atoms with van der Waals surface area (Å²) in [6.45, 7) is 1.80. The minimum atomic E-state index is -0.484. The molecule has 8 nitrogen and oxygen atoms in total. The zero-order chi connectivity index (χ0) is 24.4. The highest BCUT2D eigenvalue weighted by atomic mass is 32.2. The molecule has 0 spiro atoms. The van der Waals surface area contributed by atoms with Gasteiger partial charge in [-0.25, -0.2) is 9.78 Å². The van der Waals surface area contributed by atoms with E-state index < -0.39 is 11.2 Å². The number of imidazole rings is 1. The van der Waals surface area contributed by atoms with Gasteiger partial charge in [0.1, 0.15) is 16.4 Å². The van der Waals surface area contributed by atoms with Crippen molar-refractivity contribution < 1.29 is 23.2 Å². The molecular formula is C25H25N3O5S2. The Morgan fingerprint density at radius 1 is 1.14 bits per heavy atom. The number of aromatic amines is 1. The van der Waals surface area contributed by atoms with Gasteiger partial charge in [0, 0.05) is 4.88 Å². The molecule has 10 heteroatoms. The highest BCUT2D eigenvalue weighted by molar-refractivity contribution is 8.00. The van der Waals surface area contributed by atoms with Crippen molar-refractivity contribution in [2.75, 3.05) is 12.4 Å². The van der Waals surface area contributed by atoms with Gasteiger partial charge in [-0.15, -0.1) is 11.3 Å². The van der Waals surface area contributed by atoms with Crippen LogP contribution in [-0.2, 0) is 22.4 Å². The SMILES string of the molecule is COC(=O)c1c(NC(=O)C(C)Sc2nc(-c3ccco3)c(-c3ccco3)[nH]2)sc2c1CCCCC2. The van der Waals surface area contributed by atoms with E-state index in [0.717, 1.165) is 42.5 Å². The maximum absolute atomic E-state index is 13.2. The van der Waals surface area contributed by atoms with Crippen LogP contribution in [0.2, 0.25) is 0 Å². The Labute approximate surface area is 210 Å². The van der Waals surface area contributed by atoms with E-state index >= 15 is 0 Å². The zero-order valence-corrected chi connectivity index (χ0v) is 21.0. The minimum absolute atomic E-state index is 0.216. The summed E-state index contributed by atoms with van der Waals surface area (Å²) < 4.78 is 16.1. The summed E-state index contributed by atoms with van der Waals surface area (Å²) in [5.41, 5.74) is 2.80. The molecule has 1 unspecified atom stereocenters. The molecule has 0 radical (unpaired) electrons. The lowest BCUT2D eigenvalue weighted by atomic mass is 10.1. The van der Waals surface area contributed by atoms with Crippen LogP contribution in [0, 0.1) is 0 Å². The number of fused-ring (bicyclic) bond motifs is 1. The number of amides is 1. The number of hydrogen-bond acceptors (Lipinski definition) is 8. The number of nitrogens with one attached hydrogen (secondary N) is 2. The summed E-state index contributed by atoms with van der Waals surface area (Å²) >= 11 is 2.77. The number of hydrogen-bond donors (Lipinski definition) is 2. The average Bonchev–Trinajstić information content (AvgIpc) is 3.64. The molecule has 0 fully saturated rings. The normalized spacial score (nSPS) is 14.2. The molecule has 1 atom stereocenters. The van der Waals surface area contributed by atoms with Crippen LogP contribution in [0.1, 0.15) is 47.0 Å². The summed E-state index contributed by atoms with van der Waals surface area (Å²) in [4.78, 5) is 34.8. The summed E-state index contributed by atoms with van der Waals surface area (Å²) in [6, 6.07) is 7.24. The van der Waals surface area contributed by atoms with Crippen molar-refractivity contribution in [3.8, 4) is 22.9 Å². The first-order chi connectivity index (χ1) is 17.0. The lowest BCUT2D eigenvalue weighted by Gasteiger charge is -2.11. The van der Waals surface area contributed by atoms with E-state index in [1.54, 1.807) is 31.6 Å². The number of carbonyl (C=O) groups excluding carboxylic acids is 2. The van der Waals surface area contributed by atoms with Gasteiger partial charge in [-0.05, 0) is 62.4 Å². The lowest BCUT2D eigenvalue weighted by Crippen LogP contribution is -2.23. The first kappa shape index (κ1) is 23.5. The van der Waals surface area contributed by atoms with E-state index in [1.165, 1.54) is 30.2 Å². The van der Waals surface area contributed by atoms with Crippen molar-refractivity contribution in [3.63, 3.8) is 0 Å². The number of rotatable bonds is 7. The molecule has 4 aromatic rings. The molecule has 0 aliphatic heterocycles. The molecule has 0 aromatic carbocycles. The van der Waals surface area contributed by atoms with Gasteiger partial charge >= 0.3 is 5.97 Å². The van der Waals surface area contributed by atoms with E-state index in [9.17, 15) is 9.59 Å². The topological polar surface area (TPSA) is 110 Å². The van der Waals surface area contributed by atoms with Crippen LogP contribution in [0.25, 0.3) is 22.9 Å². The van der Waals surface area contributed by atoms with E-state index in [1.807, 2.05) is 12.1 Å². The smallest absolute Gasteiger partial charge is 0.341 e. The van der Waals surface area contributed by atoms with Gasteiger partial charge in [-0.1, -0.05) is 18.2 Å². The van der Waals surface area contributed by atoms with Crippen molar-refractivity contribution in [1.82, 2.24) is 9.97 Å². The molecule has 4 heterocycles. The monoisotopic (exact) mass is 511 g/mol. The largest absolute Gasteiger partial charge is 0.465 e. The molecule has 4 aromatic heterocycles. The highest BCUT2D eigenvalue weighted by Gasteiger charge is 2.28. The van der Waals surface area contributed by atoms with Gasteiger partial charge in [0.05, 0.1) is 30.4 Å². The predicted molar refractivity (Wildman–Crippen MR) is 135 cm³/mol. The second-order valence-corrected chi connectivity index (χ2v) is 10.7. The fourth-order valence-corrected chi connectivity index (χ4v) is 6.27. The summed E-state index contributed by atoms with van der Waals surface area (Å²) in [5.74, 6) is 0.597. The number of thiophene rings is 1. The quantitative estimate of drug-likeness (QED) is 0.173. The van der Waals surface area contributed by atoms with E-state index in [-0.39, 0.29) is 5.91 Å². The molecule has 0 saturated carbocycles. The Hall–Kier alpha value is -3.24. The molecule has 1 amide bonds. The molecular weight excluding hydrogens is 486 g/mol. The second kappa shape index (κ2) is 10.2. The number of methoxy groups -OCH3 is 1. The highest BCUT2D eigenvalue weighted by Crippen LogP contribution is 2.39. The third-order valence-electron chi connectivity index (χ3n) is 5.91. The summed E-state index contributed by atoms with van der Waals surface area (Å²) in [5, 5.41) is 3.61. The number of aryl methyl sites for hydroxylation is 1. The van der Waals surface area contributed by atoms with Crippen LogP contribution in [0.4, 0.5) is 5.00 Å². The predicted octanol–water partition coefficient (Wildman–Crippen LogP) is 6.17. The number of esters is 1. The molecule has 0 saturated heterocycles. The number of furan rings is 2. The third-order valence-corrected chi connectivity index (χ3v) is 8.10. The van der Waals surface area contributed by atoms with Crippen molar-refractivity contribution in [2.45, 2.75) is 49.4 Å². The Bertz CT molecular complexity index is 1270. The van der Waals surface area contributed by atoms with E-state index in [2.05, 4.69) is 15.3 Å². The van der Waals surface area contributed by atoms with Gasteiger partial charge in [0.15, 0.2) is 16.7 Å². The van der Waals surface area contributed by atoms with E-state index in [4.69, 9.17) is 13.6 Å². The molecule has 1 aliphatic rings. The maximum Gasteiger partial charge on any atom is 0.341 e. The number of nitrogens with zero attached hydrogens (tertiary/aromatic N) is 1. The Morgan fingerprint density at radius 2 is 1.89 bits per heavy atom. The Balaban J connectivity index is 1.37. The zero-order valence-electron chi connectivity index (χ0n) is 19.4.